The number of rotatable bonds is 2. The molecule has 0 aromatic heterocycles. The second-order valence-electron chi connectivity index (χ2n) is 6.56. The van der Waals surface area contributed by atoms with Crippen LogP contribution in [0.2, 0.25) is 0 Å². The molecular weight excluding hydrogens is 289 g/mol. The zero-order valence-electron chi connectivity index (χ0n) is 13.1. The monoisotopic (exact) mass is 309 g/mol. The van der Waals surface area contributed by atoms with Crippen LogP contribution in [0.3, 0.4) is 0 Å². The zero-order valence-corrected chi connectivity index (χ0v) is 13.1. The topological polar surface area (TPSA) is 75.6 Å². The van der Waals surface area contributed by atoms with Crippen molar-refractivity contribution in [3.63, 3.8) is 0 Å². The molecule has 2 unspecified atom stereocenters. The SMILES string of the molecule is CC1CC(NC(=O)OC(C)(C)C)c2c(C(=O)O)ccc(F)c21. The van der Waals surface area contributed by atoms with Gasteiger partial charge >= 0.3 is 12.1 Å². The van der Waals surface area contributed by atoms with Gasteiger partial charge in [-0.3, -0.25) is 0 Å². The molecule has 0 radical (unpaired) electrons. The van der Waals surface area contributed by atoms with Crippen LogP contribution in [0.15, 0.2) is 12.1 Å². The predicted octanol–water partition coefficient (Wildman–Crippen LogP) is 3.60. The summed E-state index contributed by atoms with van der Waals surface area (Å²) >= 11 is 0. The maximum atomic E-state index is 14.0. The maximum Gasteiger partial charge on any atom is 0.408 e. The third kappa shape index (κ3) is 3.21. The van der Waals surface area contributed by atoms with E-state index in [1.165, 1.54) is 6.07 Å². The highest BCUT2D eigenvalue weighted by atomic mass is 19.1. The van der Waals surface area contributed by atoms with Gasteiger partial charge in [-0.15, -0.1) is 0 Å². The lowest BCUT2D eigenvalue weighted by molar-refractivity contribution is 0.0499. The number of carbonyl (C=O) groups is 2. The Morgan fingerprint density at radius 2 is 1.95 bits per heavy atom. The number of amides is 1. The molecule has 2 rings (SSSR count). The summed E-state index contributed by atoms with van der Waals surface area (Å²) in [5, 5.41) is 12.0. The number of nitrogens with one attached hydrogen (secondary N) is 1. The van der Waals surface area contributed by atoms with E-state index < -0.39 is 29.5 Å². The quantitative estimate of drug-likeness (QED) is 0.875. The molecule has 6 heteroatoms. The lowest BCUT2D eigenvalue weighted by Crippen LogP contribution is -2.34. The van der Waals surface area contributed by atoms with Gasteiger partial charge in [0.25, 0.3) is 0 Å². The Hall–Kier alpha value is -2.11. The van der Waals surface area contributed by atoms with Crippen molar-refractivity contribution in [1.29, 1.82) is 0 Å². The smallest absolute Gasteiger partial charge is 0.408 e. The molecule has 0 heterocycles. The number of carboxylic acids is 1. The average Bonchev–Trinajstić information content (AvgIpc) is 2.65. The van der Waals surface area contributed by atoms with Crippen molar-refractivity contribution in [3.8, 4) is 0 Å². The first-order chi connectivity index (χ1) is 10.1. The summed E-state index contributed by atoms with van der Waals surface area (Å²) in [6.07, 6.45) is -0.200. The molecule has 22 heavy (non-hydrogen) atoms. The Labute approximate surface area is 128 Å². The highest BCUT2D eigenvalue weighted by molar-refractivity contribution is 5.90. The summed E-state index contributed by atoms with van der Waals surface area (Å²) in [6.45, 7) is 7.02. The first-order valence-corrected chi connectivity index (χ1v) is 7.15. The summed E-state index contributed by atoms with van der Waals surface area (Å²) in [7, 11) is 0. The van der Waals surface area contributed by atoms with Crippen LogP contribution in [0.4, 0.5) is 9.18 Å². The molecule has 5 nitrogen and oxygen atoms in total. The van der Waals surface area contributed by atoms with Gasteiger partial charge in [-0.05, 0) is 56.4 Å². The lowest BCUT2D eigenvalue weighted by Gasteiger charge is -2.22. The fraction of sp³-hybridized carbons (Fsp3) is 0.500. The molecule has 0 spiro atoms. The second-order valence-corrected chi connectivity index (χ2v) is 6.56. The summed E-state index contributed by atoms with van der Waals surface area (Å²) in [6, 6.07) is 1.83. The van der Waals surface area contributed by atoms with Gasteiger partial charge in [-0.1, -0.05) is 6.92 Å². The lowest BCUT2D eigenvalue weighted by atomic mass is 9.98. The van der Waals surface area contributed by atoms with E-state index in [2.05, 4.69) is 5.32 Å². The zero-order chi connectivity index (χ0) is 16.7. The van der Waals surface area contributed by atoms with Crippen LogP contribution in [0.5, 0.6) is 0 Å². The van der Waals surface area contributed by atoms with Gasteiger partial charge in [0.05, 0.1) is 11.6 Å². The van der Waals surface area contributed by atoms with Gasteiger partial charge in [0.15, 0.2) is 0 Å². The van der Waals surface area contributed by atoms with E-state index in [1.807, 2.05) is 6.92 Å². The molecule has 1 amide bonds. The minimum absolute atomic E-state index is 0.0156. The number of halogens is 1. The van der Waals surface area contributed by atoms with Crippen LogP contribution in [-0.4, -0.2) is 22.8 Å². The van der Waals surface area contributed by atoms with Crippen LogP contribution in [0.1, 0.15) is 67.6 Å². The molecule has 2 N–H and O–H groups in total. The van der Waals surface area contributed by atoms with Gasteiger partial charge < -0.3 is 15.2 Å². The fourth-order valence-electron chi connectivity index (χ4n) is 2.84. The number of alkyl carbamates (subject to hydrolysis) is 1. The predicted molar refractivity (Wildman–Crippen MR) is 78.5 cm³/mol. The number of fused-ring (bicyclic) bond motifs is 1. The third-order valence-electron chi connectivity index (χ3n) is 3.59. The van der Waals surface area contributed by atoms with Crippen LogP contribution < -0.4 is 5.32 Å². The Balaban J connectivity index is 2.34. The first-order valence-electron chi connectivity index (χ1n) is 7.15. The van der Waals surface area contributed by atoms with E-state index in [0.29, 0.717) is 17.5 Å². The number of hydrogen-bond acceptors (Lipinski definition) is 3. The normalized spacial score (nSPS) is 20.4. The maximum absolute atomic E-state index is 14.0. The van der Waals surface area contributed by atoms with E-state index >= 15 is 0 Å². The highest BCUT2D eigenvalue weighted by Gasteiger charge is 2.36. The Kier molecular flexibility index (Phi) is 4.13. The molecule has 0 saturated heterocycles. The molecule has 0 saturated carbocycles. The number of ether oxygens (including phenoxy) is 1. The molecule has 1 aromatic rings. The van der Waals surface area contributed by atoms with Gasteiger partial charge in [0.2, 0.25) is 0 Å². The van der Waals surface area contributed by atoms with Gasteiger partial charge in [0, 0.05) is 0 Å². The summed E-state index contributed by atoms with van der Waals surface area (Å²) < 4.78 is 19.2. The Bertz CT molecular complexity index is 621. The Morgan fingerprint density at radius 1 is 1.32 bits per heavy atom. The van der Waals surface area contributed by atoms with Crippen molar-refractivity contribution >= 4 is 12.1 Å². The van der Waals surface area contributed by atoms with E-state index in [4.69, 9.17) is 4.74 Å². The van der Waals surface area contributed by atoms with Gasteiger partial charge in [-0.2, -0.15) is 0 Å². The van der Waals surface area contributed by atoms with Gasteiger partial charge in [-0.25, -0.2) is 14.0 Å². The number of carboxylic acid groups (broad SMARTS) is 1. The van der Waals surface area contributed by atoms with Crippen LogP contribution in [-0.2, 0) is 4.74 Å². The van der Waals surface area contributed by atoms with Crippen molar-refractivity contribution in [2.24, 2.45) is 0 Å². The summed E-state index contributed by atoms with van der Waals surface area (Å²) in [5.41, 5.74) is 0.0583. The van der Waals surface area contributed by atoms with Crippen molar-refractivity contribution in [2.75, 3.05) is 0 Å². The second kappa shape index (κ2) is 5.59. The first kappa shape index (κ1) is 16.3. The van der Waals surface area contributed by atoms with Crippen molar-refractivity contribution in [3.05, 3.63) is 34.6 Å². The number of hydrogen-bond donors (Lipinski definition) is 2. The van der Waals surface area contributed by atoms with Crippen molar-refractivity contribution in [2.45, 2.75) is 51.7 Å². The molecule has 120 valence electrons. The molecule has 2 atom stereocenters. The van der Waals surface area contributed by atoms with Crippen LogP contribution >= 0.6 is 0 Å². The summed E-state index contributed by atoms with van der Waals surface area (Å²) in [4.78, 5) is 23.3. The minimum atomic E-state index is -1.14. The molecule has 1 aromatic carbocycles. The summed E-state index contributed by atoms with van der Waals surface area (Å²) in [5.74, 6) is -1.75. The molecule has 1 aliphatic rings. The minimum Gasteiger partial charge on any atom is -0.478 e. The molecule has 0 bridgehead atoms. The van der Waals surface area contributed by atoms with Crippen LogP contribution in [0, 0.1) is 5.82 Å². The third-order valence-corrected chi connectivity index (χ3v) is 3.59. The van der Waals surface area contributed by atoms with E-state index in [0.717, 1.165) is 6.07 Å². The van der Waals surface area contributed by atoms with E-state index in [-0.39, 0.29) is 11.5 Å². The molecular formula is C16H20FNO4. The Morgan fingerprint density at radius 3 is 2.50 bits per heavy atom. The largest absolute Gasteiger partial charge is 0.478 e. The molecule has 1 aliphatic carbocycles. The van der Waals surface area contributed by atoms with Crippen molar-refractivity contribution < 1.29 is 23.8 Å². The fourth-order valence-corrected chi connectivity index (χ4v) is 2.84. The standard InChI is InChI=1S/C16H20FNO4/c1-8-7-11(18-15(21)22-16(2,3)4)13-9(14(19)20)5-6-10(17)12(8)13/h5-6,8,11H,7H2,1-4H3,(H,18,21)(H,19,20). The number of benzene rings is 1. The number of carbonyl (C=O) groups excluding carboxylic acids is 1. The highest BCUT2D eigenvalue weighted by Crippen LogP contribution is 2.43. The van der Waals surface area contributed by atoms with Gasteiger partial charge in [0.1, 0.15) is 11.4 Å². The van der Waals surface area contributed by atoms with E-state index in [9.17, 15) is 19.1 Å². The average molecular weight is 309 g/mol. The van der Waals surface area contributed by atoms with Crippen LogP contribution in [0.25, 0.3) is 0 Å². The van der Waals surface area contributed by atoms with Crippen molar-refractivity contribution in [1.82, 2.24) is 5.32 Å². The number of aromatic carboxylic acids is 1. The molecule has 0 fully saturated rings. The molecule has 0 aliphatic heterocycles. The van der Waals surface area contributed by atoms with E-state index in [1.54, 1.807) is 20.8 Å².